The lowest BCUT2D eigenvalue weighted by atomic mass is 10.0. The van der Waals surface area contributed by atoms with E-state index < -0.39 is 10.0 Å². The van der Waals surface area contributed by atoms with Crippen molar-refractivity contribution in [3.63, 3.8) is 0 Å². The second kappa shape index (κ2) is 7.74. The summed E-state index contributed by atoms with van der Waals surface area (Å²) in [6, 6.07) is 11.0. The summed E-state index contributed by atoms with van der Waals surface area (Å²) in [7, 11) is -3.39. The topological polar surface area (TPSA) is 79.4 Å². The van der Waals surface area contributed by atoms with Gasteiger partial charge in [-0.05, 0) is 30.7 Å². The number of likely N-dealkylation sites (tertiary alicyclic amines) is 1. The highest BCUT2D eigenvalue weighted by Gasteiger charge is 2.37. The maximum Gasteiger partial charge on any atom is 0.219 e. The first kappa shape index (κ1) is 19.4. The van der Waals surface area contributed by atoms with Crippen LogP contribution in [0.25, 0.3) is 11.3 Å². The number of benzene rings is 1. The van der Waals surface area contributed by atoms with Crippen LogP contribution in [-0.2, 0) is 21.2 Å². The maximum atomic E-state index is 13.5. The first-order valence-electron chi connectivity index (χ1n) is 8.69. The molecule has 27 heavy (non-hydrogen) atoms. The molecular formula is C19H22FN3O3S. The van der Waals surface area contributed by atoms with Gasteiger partial charge in [-0.25, -0.2) is 17.5 Å². The Morgan fingerprint density at radius 3 is 2.70 bits per heavy atom. The van der Waals surface area contributed by atoms with Crippen LogP contribution in [0.15, 0.2) is 42.5 Å². The molecular weight excluding hydrogens is 369 g/mol. The number of rotatable bonds is 5. The van der Waals surface area contributed by atoms with E-state index in [9.17, 15) is 17.6 Å². The van der Waals surface area contributed by atoms with Gasteiger partial charge < -0.3 is 4.90 Å². The van der Waals surface area contributed by atoms with E-state index in [4.69, 9.17) is 0 Å². The van der Waals surface area contributed by atoms with Crippen LogP contribution in [0, 0.1) is 5.82 Å². The van der Waals surface area contributed by atoms with Crippen molar-refractivity contribution >= 4 is 15.9 Å². The Labute approximate surface area is 158 Å². The van der Waals surface area contributed by atoms with Crippen LogP contribution in [0.4, 0.5) is 4.39 Å². The van der Waals surface area contributed by atoms with Crippen molar-refractivity contribution in [2.24, 2.45) is 0 Å². The maximum absolute atomic E-state index is 13.5. The molecule has 2 heterocycles. The van der Waals surface area contributed by atoms with Gasteiger partial charge in [-0.2, -0.15) is 0 Å². The zero-order valence-corrected chi connectivity index (χ0v) is 16.0. The van der Waals surface area contributed by atoms with E-state index in [1.165, 1.54) is 19.1 Å². The fourth-order valence-corrected chi connectivity index (χ4v) is 4.35. The summed E-state index contributed by atoms with van der Waals surface area (Å²) < 4.78 is 39.5. The Balaban J connectivity index is 1.87. The number of hydrogen-bond donors (Lipinski definition) is 1. The lowest BCUT2D eigenvalue weighted by Gasteiger charge is -2.27. The Morgan fingerprint density at radius 2 is 2.04 bits per heavy atom. The fourth-order valence-electron chi connectivity index (χ4n) is 3.53. The molecule has 8 heteroatoms. The number of hydrogen-bond acceptors (Lipinski definition) is 4. The predicted molar refractivity (Wildman–Crippen MR) is 101 cm³/mol. The first-order valence-corrected chi connectivity index (χ1v) is 10.6. The van der Waals surface area contributed by atoms with Crippen LogP contribution in [0.1, 0.15) is 19.0 Å². The quantitative estimate of drug-likeness (QED) is 0.845. The number of amides is 1. The molecule has 0 saturated carbocycles. The first-order chi connectivity index (χ1) is 12.7. The summed E-state index contributed by atoms with van der Waals surface area (Å²) in [6.07, 6.45) is 2.08. The van der Waals surface area contributed by atoms with Crippen LogP contribution in [-0.4, -0.2) is 49.1 Å². The van der Waals surface area contributed by atoms with Crippen molar-refractivity contribution in [2.75, 3.05) is 12.8 Å². The molecule has 3 rings (SSSR count). The molecule has 1 aliphatic heterocycles. The smallest absolute Gasteiger partial charge is 0.219 e. The molecule has 0 aliphatic carbocycles. The zero-order chi connectivity index (χ0) is 19.6. The average Bonchev–Trinajstić information content (AvgIpc) is 2.96. The van der Waals surface area contributed by atoms with Gasteiger partial charge in [-0.3, -0.25) is 9.78 Å². The largest absolute Gasteiger partial charge is 0.338 e. The SMILES string of the molecule is CC(=O)N1CCC(NS(C)(=O)=O)C1Cc1cccc(-c2cccc(F)c2)n1. The van der Waals surface area contributed by atoms with Gasteiger partial charge >= 0.3 is 0 Å². The van der Waals surface area contributed by atoms with Crippen molar-refractivity contribution in [2.45, 2.75) is 31.8 Å². The summed E-state index contributed by atoms with van der Waals surface area (Å²) in [5, 5.41) is 0. The summed E-state index contributed by atoms with van der Waals surface area (Å²) in [5.74, 6) is -0.435. The van der Waals surface area contributed by atoms with E-state index in [0.29, 0.717) is 30.6 Å². The zero-order valence-electron chi connectivity index (χ0n) is 15.2. The number of halogens is 1. The third-order valence-electron chi connectivity index (χ3n) is 4.66. The second-order valence-corrected chi connectivity index (χ2v) is 8.57. The standard InChI is InChI=1S/C19H22FN3O3S/c1-13(24)23-10-9-18(22-27(2,25)26)19(23)12-16-7-4-8-17(21-16)14-5-3-6-15(20)11-14/h3-8,11,18-19,22H,9-10,12H2,1-2H3. The van der Waals surface area contributed by atoms with Gasteiger partial charge in [-0.1, -0.05) is 18.2 Å². The van der Waals surface area contributed by atoms with Crippen LogP contribution < -0.4 is 4.72 Å². The van der Waals surface area contributed by atoms with Crippen LogP contribution in [0.5, 0.6) is 0 Å². The highest BCUT2D eigenvalue weighted by Crippen LogP contribution is 2.24. The molecule has 2 unspecified atom stereocenters. The van der Waals surface area contributed by atoms with Gasteiger partial charge in [0.05, 0.1) is 18.0 Å². The van der Waals surface area contributed by atoms with Crippen LogP contribution in [0.3, 0.4) is 0 Å². The number of nitrogens with one attached hydrogen (secondary N) is 1. The minimum atomic E-state index is -3.39. The normalized spacial score (nSPS) is 20.0. The molecule has 1 N–H and O–H groups in total. The monoisotopic (exact) mass is 391 g/mol. The number of pyridine rings is 1. The van der Waals surface area contributed by atoms with Gasteiger partial charge in [0, 0.05) is 37.2 Å². The predicted octanol–water partition coefficient (Wildman–Crippen LogP) is 1.97. The summed E-state index contributed by atoms with van der Waals surface area (Å²) in [5.41, 5.74) is 2.01. The number of nitrogens with zero attached hydrogens (tertiary/aromatic N) is 2. The summed E-state index contributed by atoms with van der Waals surface area (Å²) >= 11 is 0. The van der Waals surface area contributed by atoms with E-state index in [1.807, 2.05) is 12.1 Å². The number of carbonyl (C=O) groups is 1. The molecule has 1 saturated heterocycles. The van der Waals surface area contributed by atoms with Crippen molar-refractivity contribution in [3.05, 3.63) is 54.0 Å². The minimum absolute atomic E-state index is 0.0981. The minimum Gasteiger partial charge on any atom is -0.338 e. The molecule has 1 aromatic carbocycles. The Hall–Kier alpha value is -2.32. The van der Waals surface area contributed by atoms with Gasteiger partial charge in [-0.15, -0.1) is 0 Å². The second-order valence-electron chi connectivity index (χ2n) is 6.79. The highest BCUT2D eigenvalue weighted by molar-refractivity contribution is 7.88. The molecule has 2 aromatic rings. The third kappa shape index (κ3) is 4.90. The number of aromatic nitrogens is 1. The highest BCUT2D eigenvalue weighted by atomic mass is 32.2. The summed E-state index contributed by atoms with van der Waals surface area (Å²) in [6.45, 7) is 1.98. The van der Waals surface area contributed by atoms with E-state index in [2.05, 4.69) is 9.71 Å². The Bertz CT molecular complexity index is 949. The van der Waals surface area contributed by atoms with E-state index in [0.717, 1.165) is 11.9 Å². The third-order valence-corrected chi connectivity index (χ3v) is 5.39. The van der Waals surface area contributed by atoms with Crippen molar-refractivity contribution < 1.29 is 17.6 Å². The molecule has 1 fully saturated rings. The van der Waals surface area contributed by atoms with Crippen molar-refractivity contribution in [1.82, 2.24) is 14.6 Å². The van der Waals surface area contributed by atoms with E-state index in [-0.39, 0.29) is 23.8 Å². The molecule has 0 spiro atoms. The molecule has 6 nitrogen and oxygen atoms in total. The molecule has 0 radical (unpaired) electrons. The lowest BCUT2D eigenvalue weighted by Crippen LogP contribution is -2.47. The molecule has 1 aliphatic rings. The molecule has 0 bridgehead atoms. The summed E-state index contributed by atoms with van der Waals surface area (Å²) in [4.78, 5) is 18.2. The van der Waals surface area contributed by atoms with E-state index >= 15 is 0 Å². The number of sulfonamides is 1. The molecule has 2 atom stereocenters. The average molecular weight is 391 g/mol. The van der Waals surface area contributed by atoms with Crippen molar-refractivity contribution in [3.8, 4) is 11.3 Å². The van der Waals surface area contributed by atoms with Crippen molar-refractivity contribution in [1.29, 1.82) is 0 Å². The lowest BCUT2D eigenvalue weighted by molar-refractivity contribution is -0.129. The molecule has 1 aromatic heterocycles. The molecule has 144 valence electrons. The van der Waals surface area contributed by atoms with Crippen LogP contribution >= 0.6 is 0 Å². The number of carbonyl (C=O) groups excluding carboxylic acids is 1. The van der Waals surface area contributed by atoms with Gasteiger partial charge in [0.15, 0.2) is 0 Å². The van der Waals surface area contributed by atoms with Crippen LogP contribution in [0.2, 0.25) is 0 Å². The van der Waals surface area contributed by atoms with Gasteiger partial charge in [0.1, 0.15) is 5.82 Å². The van der Waals surface area contributed by atoms with Gasteiger partial charge in [0.25, 0.3) is 0 Å². The molecule has 1 amide bonds. The van der Waals surface area contributed by atoms with E-state index in [1.54, 1.807) is 23.1 Å². The fraction of sp³-hybridized carbons (Fsp3) is 0.368. The van der Waals surface area contributed by atoms with Gasteiger partial charge in [0.2, 0.25) is 15.9 Å². The Morgan fingerprint density at radius 1 is 1.30 bits per heavy atom. The Kier molecular flexibility index (Phi) is 5.57.